The summed E-state index contributed by atoms with van der Waals surface area (Å²) in [6.07, 6.45) is 1.59. The molecule has 1 N–H and O–H groups in total. The van der Waals surface area contributed by atoms with Gasteiger partial charge in [0.1, 0.15) is 11.5 Å². The Morgan fingerprint density at radius 3 is 2.57 bits per heavy atom. The number of aromatic hydroxyl groups is 1. The molecule has 0 aliphatic carbocycles. The average Bonchev–Trinajstić information content (AvgIpc) is 3.22. The van der Waals surface area contributed by atoms with E-state index in [1.165, 1.54) is 0 Å². The van der Waals surface area contributed by atoms with Gasteiger partial charge in [0, 0.05) is 36.9 Å². The number of benzene rings is 1. The molecule has 1 aliphatic rings. The van der Waals surface area contributed by atoms with Gasteiger partial charge in [-0.15, -0.1) is 0 Å². The van der Waals surface area contributed by atoms with Crippen molar-refractivity contribution in [2.75, 3.05) is 33.2 Å². The molecule has 1 fully saturated rings. The number of likely N-dealkylation sites (N-methyl/N-ethyl adjacent to an activating group) is 1. The van der Waals surface area contributed by atoms with E-state index < -0.39 is 0 Å². The van der Waals surface area contributed by atoms with Crippen LogP contribution in [0.25, 0.3) is 0 Å². The molecule has 0 spiro atoms. The Morgan fingerprint density at radius 1 is 1.13 bits per heavy atom. The van der Waals surface area contributed by atoms with E-state index in [0.717, 1.165) is 31.7 Å². The summed E-state index contributed by atoms with van der Waals surface area (Å²) in [6, 6.07) is 12.5. The molecule has 3 aromatic rings. The first-order valence-corrected chi connectivity index (χ1v) is 10.5. The van der Waals surface area contributed by atoms with Crippen molar-refractivity contribution in [1.82, 2.24) is 14.4 Å². The van der Waals surface area contributed by atoms with Crippen LogP contribution >= 0.6 is 11.6 Å². The van der Waals surface area contributed by atoms with Gasteiger partial charge in [0.15, 0.2) is 0 Å². The summed E-state index contributed by atoms with van der Waals surface area (Å²) in [5, 5.41) is 11.5. The van der Waals surface area contributed by atoms with Crippen molar-refractivity contribution in [3.8, 4) is 5.75 Å². The SMILES string of the molecule is Cc1cc(O)c([C@H](c2cccc(Cl)c2)N2CCN(C)CC2)c(=O)n1Cc1ccco1. The number of hydrogen-bond donors (Lipinski definition) is 1. The van der Waals surface area contributed by atoms with Crippen LogP contribution in [0.4, 0.5) is 0 Å². The zero-order valence-electron chi connectivity index (χ0n) is 17.2. The first-order valence-electron chi connectivity index (χ1n) is 10.1. The van der Waals surface area contributed by atoms with Gasteiger partial charge in [-0.25, -0.2) is 0 Å². The van der Waals surface area contributed by atoms with Crippen molar-refractivity contribution in [2.45, 2.75) is 19.5 Å². The smallest absolute Gasteiger partial charge is 0.260 e. The Hall–Kier alpha value is -2.54. The maximum absolute atomic E-state index is 13.6. The summed E-state index contributed by atoms with van der Waals surface area (Å²) in [5.41, 5.74) is 1.74. The molecule has 0 radical (unpaired) electrons. The fourth-order valence-corrected chi connectivity index (χ4v) is 4.30. The lowest BCUT2D eigenvalue weighted by molar-refractivity contribution is 0.125. The van der Waals surface area contributed by atoms with Crippen molar-refractivity contribution in [3.63, 3.8) is 0 Å². The van der Waals surface area contributed by atoms with E-state index in [2.05, 4.69) is 16.8 Å². The third kappa shape index (κ3) is 4.17. The number of piperazine rings is 1. The molecule has 2 aromatic heterocycles. The zero-order valence-corrected chi connectivity index (χ0v) is 18.0. The predicted octanol–water partition coefficient (Wildman–Crippen LogP) is 3.49. The number of furan rings is 1. The molecule has 1 saturated heterocycles. The molecule has 158 valence electrons. The lowest BCUT2D eigenvalue weighted by Crippen LogP contribution is -2.47. The van der Waals surface area contributed by atoms with Crippen LogP contribution in [0.1, 0.15) is 28.6 Å². The quantitative estimate of drug-likeness (QED) is 0.675. The van der Waals surface area contributed by atoms with Crippen LogP contribution in [-0.4, -0.2) is 52.7 Å². The minimum absolute atomic E-state index is 0.0112. The Balaban J connectivity index is 1.84. The number of aryl methyl sites for hydroxylation is 1. The highest BCUT2D eigenvalue weighted by atomic mass is 35.5. The molecule has 0 amide bonds. The first-order chi connectivity index (χ1) is 14.4. The van der Waals surface area contributed by atoms with Crippen LogP contribution in [0.15, 0.2) is 57.9 Å². The van der Waals surface area contributed by atoms with E-state index in [0.29, 0.717) is 28.6 Å². The third-order valence-corrected chi connectivity index (χ3v) is 5.99. The van der Waals surface area contributed by atoms with Crippen LogP contribution in [0.2, 0.25) is 5.02 Å². The van der Waals surface area contributed by atoms with E-state index in [1.807, 2.05) is 37.3 Å². The predicted molar refractivity (Wildman–Crippen MR) is 117 cm³/mol. The van der Waals surface area contributed by atoms with Gasteiger partial charge in [0.2, 0.25) is 0 Å². The van der Waals surface area contributed by atoms with E-state index in [9.17, 15) is 9.90 Å². The Kier molecular flexibility index (Phi) is 5.99. The monoisotopic (exact) mass is 427 g/mol. The van der Waals surface area contributed by atoms with Gasteiger partial charge < -0.3 is 19.0 Å². The standard InChI is InChI=1S/C23H26ClN3O3/c1-16-13-20(28)21(23(29)27(16)15-19-7-4-12-30-19)22(17-5-3-6-18(24)14-17)26-10-8-25(2)9-11-26/h3-7,12-14,22,28H,8-11,15H2,1-2H3/t22-/m0/s1. The van der Waals surface area contributed by atoms with Crippen LogP contribution in [0, 0.1) is 6.92 Å². The highest BCUT2D eigenvalue weighted by molar-refractivity contribution is 6.30. The van der Waals surface area contributed by atoms with E-state index in [-0.39, 0.29) is 17.4 Å². The van der Waals surface area contributed by atoms with Crippen LogP contribution < -0.4 is 5.56 Å². The van der Waals surface area contributed by atoms with Gasteiger partial charge in [-0.3, -0.25) is 9.69 Å². The molecule has 0 bridgehead atoms. The third-order valence-electron chi connectivity index (χ3n) is 5.76. The lowest BCUT2D eigenvalue weighted by Gasteiger charge is -2.38. The number of halogens is 1. The first kappa shape index (κ1) is 20.7. The minimum atomic E-state index is -0.381. The molecule has 1 aliphatic heterocycles. The van der Waals surface area contributed by atoms with Crippen molar-refractivity contribution >= 4 is 11.6 Å². The molecule has 7 heteroatoms. The molecule has 0 unspecified atom stereocenters. The largest absolute Gasteiger partial charge is 0.507 e. The number of hydrogen-bond acceptors (Lipinski definition) is 5. The number of rotatable bonds is 5. The van der Waals surface area contributed by atoms with Gasteiger partial charge in [-0.1, -0.05) is 23.7 Å². The van der Waals surface area contributed by atoms with Crippen LogP contribution in [0.5, 0.6) is 5.75 Å². The second kappa shape index (κ2) is 8.68. The van der Waals surface area contributed by atoms with Crippen molar-refractivity contribution in [1.29, 1.82) is 0 Å². The molecular weight excluding hydrogens is 402 g/mol. The fraction of sp³-hybridized carbons (Fsp3) is 0.348. The van der Waals surface area contributed by atoms with Crippen LogP contribution in [0.3, 0.4) is 0 Å². The summed E-state index contributed by atoms with van der Waals surface area (Å²) in [7, 11) is 2.09. The van der Waals surface area contributed by atoms with Gasteiger partial charge in [0.05, 0.1) is 24.4 Å². The molecule has 1 atom stereocenters. The average molecular weight is 428 g/mol. The zero-order chi connectivity index (χ0) is 21.3. The van der Waals surface area contributed by atoms with Crippen molar-refractivity contribution in [2.24, 2.45) is 0 Å². The molecule has 3 heterocycles. The topological polar surface area (TPSA) is 61.9 Å². The van der Waals surface area contributed by atoms with Gasteiger partial charge in [-0.05, 0) is 49.9 Å². The Labute approximate surface area is 180 Å². The van der Waals surface area contributed by atoms with E-state index >= 15 is 0 Å². The number of aromatic nitrogens is 1. The van der Waals surface area contributed by atoms with Gasteiger partial charge in [-0.2, -0.15) is 0 Å². The normalized spacial score (nSPS) is 16.6. The lowest BCUT2D eigenvalue weighted by atomic mass is 9.96. The maximum atomic E-state index is 13.6. The fourth-order valence-electron chi connectivity index (χ4n) is 4.10. The number of pyridine rings is 1. The van der Waals surface area contributed by atoms with E-state index in [4.69, 9.17) is 16.0 Å². The van der Waals surface area contributed by atoms with E-state index in [1.54, 1.807) is 23.0 Å². The number of nitrogens with zero attached hydrogens (tertiary/aromatic N) is 3. The molecular formula is C23H26ClN3O3. The summed E-state index contributed by atoms with van der Waals surface area (Å²) >= 11 is 6.28. The van der Waals surface area contributed by atoms with Gasteiger partial charge >= 0.3 is 0 Å². The van der Waals surface area contributed by atoms with Crippen molar-refractivity contribution < 1.29 is 9.52 Å². The highest BCUT2D eigenvalue weighted by Crippen LogP contribution is 2.34. The van der Waals surface area contributed by atoms with Gasteiger partial charge in [0.25, 0.3) is 5.56 Å². The van der Waals surface area contributed by atoms with Crippen LogP contribution in [-0.2, 0) is 6.54 Å². The summed E-state index contributed by atoms with van der Waals surface area (Å²) in [6.45, 7) is 5.50. The van der Waals surface area contributed by atoms with Crippen molar-refractivity contribution in [3.05, 3.63) is 86.7 Å². The molecule has 1 aromatic carbocycles. The molecule has 4 rings (SSSR count). The Bertz CT molecular complexity index is 1070. The second-order valence-electron chi connectivity index (χ2n) is 7.85. The molecule has 6 nitrogen and oxygen atoms in total. The second-order valence-corrected chi connectivity index (χ2v) is 8.29. The maximum Gasteiger partial charge on any atom is 0.260 e. The summed E-state index contributed by atoms with van der Waals surface area (Å²) < 4.78 is 7.11. The molecule has 0 saturated carbocycles. The minimum Gasteiger partial charge on any atom is -0.507 e. The Morgan fingerprint density at radius 2 is 1.90 bits per heavy atom. The summed E-state index contributed by atoms with van der Waals surface area (Å²) in [5.74, 6) is 0.702. The highest BCUT2D eigenvalue weighted by Gasteiger charge is 2.31. The molecule has 30 heavy (non-hydrogen) atoms. The summed E-state index contributed by atoms with van der Waals surface area (Å²) in [4.78, 5) is 18.1.